The van der Waals surface area contributed by atoms with Crippen molar-refractivity contribution in [2.45, 2.75) is 38.4 Å². The van der Waals surface area contributed by atoms with Crippen LogP contribution in [-0.2, 0) is 9.47 Å². The molecule has 104 valence electrons. The van der Waals surface area contributed by atoms with E-state index in [9.17, 15) is 4.79 Å². The minimum Gasteiger partial charge on any atom is -0.459 e. The molecule has 1 saturated heterocycles. The summed E-state index contributed by atoms with van der Waals surface area (Å²) in [6.07, 6.45) is 1.88. The van der Waals surface area contributed by atoms with Gasteiger partial charge in [-0.05, 0) is 60.8 Å². The molecule has 0 bridgehead atoms. The second-order valence-corrected chi connectivity index (χ2v) is 6.23. The average Bonchev–Trinajstić information content (AvgIpc) is 2.69. The Kier molecular flexibility index (Phi) is 4.16. The van der Waals surface area contributed by atoms with Crippen LogP contribution in [0.4, 0.5) is 5.69 Å². The van der Waals surface area contributed by atoms with Crippen molar-refractivity contribution >= 4 is 27.6 Å². The lowest BCUT2D eigenvalue weighted by Crippen LogP contribution is -2.24. The molecule has 2 N–H and O–H groups in total. The maximum absolute atomic E-state index is 12.0. The second-order valence-electron chi connectivity index (χ2n) is 5.38. The molecule has 1 atom stereocenters. The molecule has 0 spiro atoms. The number of hydrogen-bond acceptors (Lipinski definition) is 4. The van der Waals surface area contributed by atoms with Crippen LogP contribution in [0.15, 0.2) is 22.7 Å². The minimum atomic E-state index is -0.382. The Bertz CT molecular complexity index is 488. The summed E-state index contributed by atoms with van der Waals surface area (Å²) in [6, 6.07) is 5.07. The molecule has 1 aromatic carbocycles. The predicted octanol–water partition coefficient (Wildman–Crippen LogP) is 3.15. The largest absolute Gasteiger partial charge is 0.459 e. The third kappa shape index (κ3) is 3.70. The summed E-state index contributed by atoms with van der Waals surface area (Å²) in [7, 11) is 0. The molecule has 1 heterocycles. The average molecular weight is 328 g/mol. The van der Waals surface area contributed by atoms with E-state index in [0.717, 1.165) is 12.8 Å². The van der Waals surface area contributed by atoms with Crippen molar-refractivity contribution in [3.05, 3.63) is 28.2 Å². The van der Waals surface area contributed by atoms with Gasteiger partial charge in [-0.2, -0.15) is 0 Å². The van der Waals surface area contributed by atoms with Gasteiger partial charge in [-0.1, -0.05) is 0 Å². The fraction of sp³-hybridized carbons (Fsp3) is 0.500. The van der Waals surface area contributed by atoms with Crippen molar-refractivity contribution in [1.29, 1.82) is 0 Å². The number of carbonyl (C=O) groups excluding carboxylic acids is 1. The first-order valence-electron chi connectivity index (χ1n) is 6.27. The van der Waals surface area contributed by atoms with Gasteiger partial charge in [-0.3, -0.25) is 0 Å². The maximum atomic E-state index is 12.0. The standard InChI is InChI=1S/C14H18BrNO3/c1-14(2)6-5-10(19-14)8-18-13(17)11-7-9(16)3-4-12(11)15/h3-4,7,10H,5-6,8,16H2,1-2H3. The molecular formula is C14H18BrNO3. The lowest BCUT2D eigenvalue weighted by Gasteiger charge is -2.19. The van der Waals surface area contributed by atoms with Crippen molar-refractivity contribution in [2.75, 3.05) is 12.3 Å². The number of halogens is 1. The van der Waals surface area contributed by atoms with E-state index in [0.29, 0.717) is 15.7 Å². The molecule has 0 saturated carbocycles. The van der Waals surface area contributed by atoms with E-state index in [2.05, 4.69) is 15.9 Å². The van der Waals surface area contributed by atoms with Crippen LogP contribution < -0.4 is 5.73 Å². The molecule has 19 heavy (non-hydrogen) atoms. The number of carbonyl (C=O) groups is 1. The Morgan fingerprint density at radius 3 is 2.95 bits per heavy atom. The van der Waals surface area contributed by atoms with Gasteiger partial charge in [-0.25, -0.2) is 4.79 Å². The van der Waals surface area contributed by atoms with E-state index in [1.807, 2.05) is 13.8 Å². The zero-order chi connectivity index (χ0) is 14.0. The van der Waals surface area contributed by atoms with Crippen LogP contribution >= 0.6 is 15.9 Å². The Morgan fingerprint density at radius 1 is 1.58 bits per heavy atom. The van der Waals surface area contributed by atoms with Crippen LogP contribution in [0.25, 0.3) is 0 Å². The molecule has 0 aromatic heterocycles. The summed E-state index contributed by atoms with van der Waals surface area (Å²) in [5, 5.41) is 0. The SMILES string of the molecule is CC1(C)CCC(COC(=O)c2cc(N)ccc2Br)O1. The van der Waals surface area contributed by atoms with Crippen molar-refractivity contribution in [2.24, 2.45) is 0 Å². The highest BCUT2D eigenvalue weighted by atomic mass is 79.9. The summed E-state index contributed by atoms with van der Waals surface area (Å²) in [5.74, 6) is -0.382. The molecule has 5 heteroatoms. The van der Waals surface area contributed by atoms with E-state index in [4.69, 9.17) is 15.2 Å². The molecule has 1 aromatic rings. The zero-order valence-electron chi connectivity index (χ0n) is 11.1. The van der Waals surface area contributed by atoms with E-state index in [1.165, 1.54) is 0 Å². The van der Waals surface area contributed by atoms with Crippen LogP contribution in [0.1, 0.15) is 37.0 Å². The highest BCUT2D eigenvalue weighted by molar-refractivity contribution is 9.10. The second kappa shape index (κ2) is 5.51. The highest BCUT2D eigenvalue weighted by Crippen LogP contribution is 2.29. The molecule has 1 aliphatic heterocycles. The number of hydrogen-bond donors (Lipinski definition) is 1. The van der Waals surface area contributed by atoms with Gasteiger partial charge in [0.2, 0.25) is 0 Å². The third-order valence-corrected chi connectivity index (χ3v) is 3.86. The first kappa shape index (κ1) is 14.3. The van der Waals surface area contributed by atoms with Crippen LogP contribution in [0.3, 0.4) is 0 Å². The highest BCUT2D eigenvalue weighted by Gasteiger charge is 2.32. The summed E-state index contributed by atoms with van der Waals surface area (Å²) >= 11 is 3.32. The van der Waals surface area contributed by atoms with E-state index in [1.54, 1.807) is 18.2 Å². The Hall–Kier alpha value is -1.07. The van der Waals surface area contributed by atoms with E-state index >= 15 is 0 Å². The summed E-state index contributed by atoms with van der Waals surface area (Å²) in [6.45, 7) is 4.37. The normalized spacial score (nSPS) is 21.3. The molecule has 2 rings (SSSR count). The number of anilines is 1. The topological polar surface area (TPSA) is 61.5 Å². The molecule has 0 amide bonds. The molecule has 1 fully saturated rings. The van der Waals surface area contributed by atoms with Crippen LogP contribution in [0.5, 0.6) is 0 Å². The first-order chi connectivity index (χ1) is 8.87. The summed E-state index contributed by atoms with van der Waals surface area (Å²) < 4.78 is 11.7. The molecule has 1 unspecified atom stereocenters. The summed E-state index contributed by atoms with van der Waals surface area (Å²) in [5.41, 5.74) is 6.53. The van der Waals surface area contributed by atoms with E-state index in [-0.39, 0.29) is 24.3 Å². The number of nitrogen functional groups attached to an aromatic ring is 1. The van der Waals surface area contributed by atoms with Gasteiger partial charge in [0.25, 0.3) is 0 Å². The van der Waals surface area contributed by atoms with Crippen LogP contribution in [0.2, 0.25) is 0 Å². The predicted molar refractivity (Wildman–Crippen MR) is 77.0 cm³/mol. The third-order valence-electron chi connectivity index (χ3n) is 3.16. The zero-order valence-corrected chi connectivity index (χ0v) is 12.7. The van der Waals surface area contributed by atoms with Crippen LogP contribution in [-0.4, -0.2) is 24.3 Å². The number of esters is 1. The van der Waals surface area contributed by atoms with Gasteiger partial charge in [0, 0.05) is 10.2 Å². The number of benzene rings is 1. The maximum Gasteiger partial charge on any atom is 0.339 e. The fourth-order valence-electron chi connectivity index (χ4n) is 2.14. The summed E-state index contributed by atoms with van der Waals surface area (Å²) in [4.78, 5) is 12.0. The molecule has 0 radical (unpaired) electrons. The van der Waals surface area contributed by atoms with Crippen LogP contribution in [0, 0.1) is 0 Å². The lowest BCUT2D eigenvalue weighted by atomic mass is 10.1. The van der Waals surface area contributed by atoms with E-state index < -0.39 is 0 Å². The Morgan fingerprint density at radius 2 is 2.32 bits per heavy atom. The molecule has 0 aliphatic carbocycles. The van der Waals surface area contributed by atoms with Gasteiger partial charge >= 0.3 is 5.97 Å². The Labute approximate surface area is 121 Å². The minimum absolute atomic E-state index is 0.0150. The number of rotatable bonds is 3. The lowest BCUT2D eigenvalue weighted by molar-refractivity contribution is -0.0445. The van der Waals surface area contributed by atoms with Crippen molar-refractivity contribution in [3.8, 4) is 0 Å². The Balaban J connectivity index is 1.93. The van der Waals surface area contributed by atoms with Crippen molar-refractivity contribution in [3.63, 3.8) is 0 Å². The molecular weight excluding hydrogens is 310 g/mol. The fourth-order valence-corrected chi connectivity index (χ4v) is 2.55. The molecule has 1 aliphatic rings. The van der Waals surface area contributed by atoms with Crippen molar-refractivity contribution < 1.29 is 14.3 Å². The molecule has 4 nitrogen and oxygen atoms in total. The van der Waals surface area contributed by atoms with Gasteiger partial charge in [0.1, 0.15) is 6.61 Å². The van der Waals surface area contributed by atoms with Crippen molar-refractivity contribution in [1.82, 2.24) is 0 Å². The van der Waals surface area contributed by atoms with Gasteiger partial charge < -0.3 is 15.2 Å². The smallest absolute Gasteiger partial charge is 0.339 e. The van der Waals surface area contributed by atoms with Gasteiger partial charge in [0.05, 0.1) is 17.3 Å². The number of nitrogens with two attached hydrogens (primary N) is 1. The van der Waals surface area contributed by atoms with Gasteiger partial charge in [0.15, 0.2) is 0 Å². The number of ether oxygens (including phenoxy) is 2. The first-order valence-corrected chi connectivity index (χ1v) is 7.07. The quantitative estimate of drug-likeness (QED) is 0.684. The van der Waals surface area contributed by atoms with Gasteiger partial charge in [-0.15, -0.1) is 0 Å². The monoisotopic (exact) mass is 327 g/mol.